The number of benzene rings is 1. The summed E-state index contributed by atoms with van der Waals surface area (Å²) in [5.41, 5.74) is 1.96. The van der Waals surface area contributed by atoms with Gasteiger partial charge in [0.05, 0.1) is 11.6 Å². The van der Waals surface area contributed by atoms with Crippen LogP contribution in [0.1, 0.15) is 31.4 Å². The van der Waals surface area contributed by atoms with Crippen LogP contribution in [0.15, 0.2) is 24.3 Å². The molecule has 1 aromatic rings. The third-order valence-corrected chi connectivity index (χ3v) is 2.15. The molecule has 1 rings (SSSR count). The Morgan fingerprint density at radius 2 is 1.93 bits per heavy atom. The third kappa shape index (κ3) is 3.88. The molecule has 0 aromatic heterocycles. The van der Waals surface area contributed by atoms with Crippen LogP contribution in [0.3, 0.4) is 0 Å². The Bertz CT molecular complexity index is 398. The van der Waals surface area contributed by atoms with Gasteiger partial charge in [-0.2, -0.15) is 5.26 Å². The fourth-order valence-electron chi connectivity index (χ4n) is 1.40. The van der Waals surface area contributed by atoms with Crippen molar-refractivity contribution in [3.8, 4) is 17.9 Å². The molecule has 0 fully saturated rings. The van der Waals surface area contributed by atoms with Gasteiger partial charge in [-0.05, 0) is 24.1 Å². The van der Waals surface area contributed by atoms with E-state index in [1.54, 1.807) is 0 Å². The van der Waals surface area contributed by atoms with E-state index in [4.69, 9.17) is 5.26 Å². The van der Waals surface area contributed by atoms with Crippen molar-refractivity contribution in [1.82, 2.24) is 0 Å². The largest absolute Gasteiger partial charge is 0.192 e. The maximum atomic E-state index is 8.65. The van der Waals surface area contributed by atoms with E-state index in [9.17, 15) is 0 Å². The van der Waals surface area contributed by atoms with Crippen LogP contribution in [0.2, 0.25) is 0 Å². The molecule has 0 saturated carbocycles. The number of hydrogen-bond acceptors (Lipinski definition) is 1. The second-order valence-corrected chi connectivity index (χ2v) is 3.59. The molecular weight excluding hydrogens is 182 g/mol. The first kappa shape index (κ1) is 11.3. The SMILES string of the molecule is CCC#CC(C)Cc1ccc(C#N)cc1. The fourth-order valence-corrected chi connectivity index (χ4v) is 1.40. The summed E-state index contributed by atoms with van der Waals surface area (Å²) in [6.07, 6.45) is 1.87. The molecule has 0 bridgehead atoms. The van der Waals surface area contributed by atoms with Gasteiger partial charge < -0.3 is 0 Å². The lowest BCUT2D eigenvalue weighted by atomic mass is 10.0. The molecule has 1 nitrogen and oxygen atoms in total. The molecule has 0 aliphatic heterocycles. The summed E-state index contributed by atoms with van der Waals surface area (Å²) in [6, 6.07) is 9.83. The van der Waals surface area contributed by atoms with E-state index in [1.807, 2.05) is 24.3 Å². The van der Waals surface area contributed by atoms with E-state index in [-0.39, 0.29) is 0 Å². The minimum atomic E-state index is 0.387. The van der Waals surface area contributed by atoms with Crippen LogP contribution in [0.25, 0.3) is 0 Å². The quantitative estimate of drug-likeness (QED) is 0.668. The van der Waals surface area contributed by atoms with Gasteiger partial charge in [-0.1, -0.05) is 31.9 Å². The highest BCUT2D eigenvalue weighted by molar-refractivity contribution is 5.32. The van der Waals surface area contributed by atoms with Crippen molar-refractivity contribution in [2.75, 3.05) is 0 Å². The summed E-state index contributed by atoms with van der Waals surface area (Å²) in [6.45, 7) is 4.18. The molecule has 0 heterocycles. The van der Waals surface area contributed by atoms with Gasteiger partial charge in [0.2, 0.25) is 0 Å². The number of nitriles is 1. The molecule has 76 valence electrons. The molecule has 0 N–H and O–H groups in total. The van der Waals surface area contributed by atoms with Crippen LogP contribution in [-0.4, -0.2) is 0 Å². The summed E-state index contributed by atoms with van der Waals surface area (Å²) >= 11 is 0. The lowest BCUT2D eigenvalue weighted by molar-refractivity contribution is 0.749. The van der Waals surface area contributed by atoms with Gasteiger partial charge in [-0.3, -0.25) is 0 Å². The lowest BCUT2D eigenvalue weighted by Crippen LogP contribution is -1.96. The highest BCUT2D eigenvalue weighted by Gasteiger charge is 1.99. The lowest BCUT2D eigenvalue weighted by Gasteiger charge is -2.03. The zero-order chi connectivity index (χ0) is 11.1. The Labute approximate surface area is 91.7 Å². The van der Waals surface area contributed by atoms with Crippen LogP contribution in [0.4, 0.5) is 0 Å². The predicted octanol–water partition coefficient (Wildman–Crippen LogP) is 3.15. The zero-order valence-electron chi connectivity index (χ0n) is 9.25. The zero-order valence-corrected chi connectivity index (χ0v) is 9.25. The smallest absolute Gasteiger partial charge is 0.0991 e. The first-order valence-electron chi connectivity index (χ1n) is 5.23. The molecule has 1 unspecified atom stereocenters. The molecule has 0 saturated heterocycles. The molecular formula is C14H15N. The summed E-state index contributed by atoms with van der Waals surface area (Å²) < 4.78 is 0. The van der Waals surface area contributed by atoms with Crippen LogP contribution in [0.5, 0.6) is 0 Å². The number of hydrogen-bond donors (Lipinski definition) is 0. The van der Waals surface area contributed by atoms with E-state index in [2.05, 4.69) is 31.8 Å². The second kappa shape index (κ2) is 5.89. The van der Waals surface area contributed by atoms with Crippen LogP contribution in [0, 0.1) is 29.1 Å². The molecule has 0 aliphatic rings. The molecule has 15 heavy (non-hydrogen) atoms. The average Bonchev–Trinajstić information content (AvgIpc) is 2.27. The highest BCUT2D eigenvalue weighted by Crippen LogP contribution is 2.09. The van der Waals surface area contributed by atoms with Gasteiger partial charge in [0.25, 0.3) is 0 Å². The van der Waals surface area contributed by atoms with Crippen molar-refractivity contribution in [1.29, 1.82) is 5.26 Å². The van der Waals surface area contributed by atoms with Crippen molar-refractivity contribution in [3.63, 3.8) is 0 Å². The van der Waals surface area contributed by atoms with Gasteiger partial charge in [-0.15, -0.1) is 5.92 Å². The average molecular weight is 197 g/mol. The van der Waals surface area contributed by atoms with E-state index < -0.39 is 0 Å². The van der Waals surface area contributed by atoms with E-state index in [1.165, 1.54) is 5.56 Å². The van der Waals surface area contributed by atoms with Crippen molar-refractivity contribution in [3.05, 3.63) is 35.4 Å². The molecule has 1 heteroatoms. The Balaban J connectivity index is 2.62. The van der Waals surface area contributed by atoms with E-state index in [0.717, 1.165) is 12.8 Å². The number of nitrogens with zero attached hydrogens (tertiary/aromatic N) is 1. The monoisotopic (exact) mass is 197 g/mol. The molecule has 1 aromatic carbocycles. The molecule has 0 spiro atoms. The third-order valence-electron chi connectivity index (χ3n) is 2.15. The van der Waals surface area contributed by atoms with Gasteiger partial charge in [0.1, 0.15) is 0 Å². The van der Waals surface area contributed by atoms with E-state index >= 15 is 0 Å². The van der Waals surface area contributed by atoms with Gasteiger partial charge in [0.15, 0.2) is 0 Å². The van der Waals surface area contributed by atoms with Crippen molar-refractivity contribution in [2.24, 2.45) is 5.92 Å². The fraction of sp³-hybridized carbons (Fsp3) is 0.357. The summed E-state index contributed by atoms with van der Waals surface area (Å²) in [7, 11) is 0. The summed E-state index contributed by atoms with van der Waals surface area (Å²) in [5.74, 6) is 6.67. The Morgan fingerprint density at radius 1 is 1.27 bits per heavy atom. The van der Waals surface area contributed by atoms with Gasteiger partial charge in [0, 0.05) is 12.3 Å². The molecule has 0 amide bonds. The predicted molar refractivity (Wildman–Crippen MR) is 62.1 cm³/mol. The Hall–Kier alpha value is -1.73. The maximum absolute atomic E-state index is 8.65. The minimum absolute atomic E-state index is 0.387. The molecule has 0 aliphatic carbocycles. The van der Waals surface area contributed by atoms with Crippen molar-refractivity contribution in [2.45, 2.75) is 26.7 Å². The standard InChI is InChI=1S/C14H15N/c1-3-4-5-12(2)10-13-6-8-14(11-15)9-7-13/h6-9,12H,3,10H2,1-2H3. The minimum Gasteiger partial charge on any atom is -0.192 e. The van der Waals surface area contributed by atoms with Crippen LogP contribution >= 0.6 is 0 Å². The van der Waals surface area contributed by atoms with Gasteiger partial charge in [-0.25, -0.2) is 0 Å². The molecule has 0 radical (unpaired) electrons. The van der Waals surface area contributed by atoms with Crippen molar-refractivity contribution >= 4 is 0 Å². The van der Waals surface area contributed by atoms with Crippen LogP contribution < -0.4 is 0 Å². The van der Waals surface area contributed by atoms with Crippen molar-refractivity contribution < 1.29 is 0 Å². The van der Waals surface area contributed by atoms with E-state index in [0.29, 0.717) is 11.5 Å². The summed E-state index contributed by atoms with van der Waals surface area (Å²) in [4.78, 5) is 0. The first-order chi connectivity index (χ1) is 7.26. The Morgan fingerprint density at radius 3 is 2.47 bits per heavy atom. The topological polar surface area (TPSA) is 23.8 Å². The molecule has 1 atom stereocenters. The van der Waals surface area contributed by atoms with Crippen LogP contribution in [-0.2, 0) is 6.42 Å². The highest BCUT2D eigenvalue weighted by atomic mass is 14.2. The van der Waals surface area contributed by atoms with Gasteiger partial charge >= 0.3 is 0 Å². The normalized spacial score (nSPS) is 11.0. The second-order valence-electron chi connectivity index (χ2n) is 3.59. The Kier molecular flexibility index (Phi) is 4.45. The first-order valence-corrected chi connectivity index (χ1v) is 5.23. The summed E-state index contributed by atoms with van der Waals surface area (Å²) in [5, 5.41) is 8.65. The maximum Gasteiger partial charge on any atom is 0.0991 e. The number of rotatable bonds is 2.